The molecule has 0 spiro atoms. The topological polar surface area (TPSA) is 48.0 Å². The van der Waals surface area contributed by atoms with Crippen LogP contribution in [0, 0.1) is 5.63 Å². The van der Waals surface area contributed by atoms with E-state index in [1.807, 2.05) is 32.6 Å². The summed E-state index contributed by atoms with van der Waals surface area (Å²) in [6, 6.07) is 0. The molecular formula is C18H31NO4P+. The molecule has 0 aromatic heterocycles. The number of carbonyl (C=O) groups excluding carboxylic acids is 1. The van der Waals surface area contributed by atoms with Crippen molar-refractivity contribution in [2.75, 3.05) is 26.3 Å². The molecule has 2 fully saturated rings. The van der Waals surface area contributed by atoms with Crippen molar-refractivity contribution in [2.45, 2.75) is 76.8 Å². The molecule has 2 rings (SSSR count). The van der Waals surface area contributed by atoms with E-state index in [0.717, 1.165) is 45.2 Å². The third kappa shape index (κ3) is 6.72. The molecule has 2 aliphatic rings. The summed E-state index contributed by atoms with van der Waals surface area (Å²) in [4.78, 5) is 13.9. The Labute approximate surface area is 147 Å². The maximum atomic E-state index is 12.0. The molecule has 1 amide bonds. The van der Waals surface area contributed by atoms with Gasteiger partial charge >= 0.3 is 147 Å². The van der Waals surface area contributed by atoms with Crippen LogP contribution in [-0.2, 0) is 14.2 Å². The summed E-state index contributed by atoms with van der Waals surface area (Å²) in [5, 5.41) is 0. The van der Waals surface area contributed by atoms with Crippen molar-refractivity contribution in [3.05, 3.63) is 0 Å². The molecule has 1 atom stereocenters. The summed E-state index contributed by atoms with van der Waals surface area (Å²) in [6.07, 6.45) is 4.98. The Kier molecular flexibility index (Phi) is 7.12. The van der Waals surface area contributed by atoms with Gasteiger partial charge in [-0.3, -0.25) is 0 Å². The van der Waals surface area contributed by atoms with E-state index in [2.05, 4.69) is 5.63 Å². The van der Waals surface area contributed by atoms with Crippen LogP contribution in [0.15, 0.2) is 0 Å². The van der Waals surface area contributed by atoms with E-state index in [9.17, 15) is 4.79 Å². The number of hydrogen-bond acceptors (Lipinski definition) is 4. The molecule has 0 saturated carbocycles. The molecule has 5 nitrogen and oxygen atoms in total. The van der Waals surface area contributed by atoms with Crippen LogP contribution in [-0.4, -0.2) is 54.3 Å². The second kappa shape index (κ2) is 8.67. The zero-order valence-corrected chi connectivity index (χ0v) is 16.4. The van der Waals surface area contributed by atoms with Gasteiger partial charge in [0.05, 0.1) is 0 Å². The van der Waals surface area contributed by atoms with Gasteiger partial charge in [0.1, 0.15) is 0 Å². The third-order valence-electron chi connectivity index (χ3n) is 4.16. The van der Waals surface area contributed by atoms with Crippen LogP contribution in [0.2, 0.25) is 0 Å². The van der Waals surface area contributed by atoms with Gasteiger partial charge in [-0.2, -0.15) is 0 Å². The predicted octanol–water partition coefficient (Wildman–Crippen LogP) is 4.22. The monoisotopic (exact) mass is 356 g/mol. The SMILES string of the molecule is CC(C)(C)OC(=O)N1CCC([P+]#CCCCCC2(C)OCCO2)C1. The Bertz CT molecular complexity index is 485. The van der Waals surface area contributed by atoms with Gasteiger partial charge in [0.2, 0.25) is 0 Å². The van der Waals surface area contributed by atoms with Crippen molar-refractivity contribution >= 4 is 14.1 Å². The summed E-state index contributed by atoms with van der Waals surface area (Å²) >= 11 is 0. The summed E-state index contributed by atoms with van der Waals surface area (Å²) in [5.74, 6) is -0.364. The first-order chi connectivity index (χ1) is 11.3. The first-order valence-electron chi connectivity index (χ1n) is 8.96. The van der Waals surface area contributed by atoms with Crippen molar-refractivity contribution in [3.8, 4) is 5.63 Å². The van der Waals surface area contributed by atoms with Gasteiger partial charge in [0.25, 0.3) is 0 Å². The number of ether oxygens (including phenoxy) is 3. The van der Waals surface area contributed by atoms with Gasteiger partial charge in [-0.05, 0) is 0 Å². The van der Waals surface area contributed by atoms with Crippen LogP contribution in [0.1, 0.15) is 59.8 Å². The minimum absolute atomic E-state index is 0.190. The van der Waals surface area contributed by atoms with Crippen molar-refractivity contribution < 1.29 is 19.0 Å². The zero-order valence-electron chi connectivity index (χ0n) is 15.5. The number of rotatable bonds is 4. The number of amides is 1. The minimum atomic E-state index is -0.422. The Morgan fingerprint density at radius 2 is 2.04 bits per heavy atom. The fourth-order valence-electron chi connectivity index (χ4n) is 2.88. The fourth-order valence-corrected chi connectivity index (χ4v) is 3.95. The fraction of sp³-hybridized carbons (Fsp3) is 0.889. The zero-order chi connectivity index (χ0) is 17.6. The van der Waals surface area contributed by atoms with Gasteiger partial charge < -0.3 is 0 Å². The van der Waals surface area contributed by atoms with Crippen LogP contribution in [0.5, 0.6) is 0 Å². The van der Waals surface area contributed by atoms with E-state index in [0.29, 0.717) is 18.9 Å². The van der Waals surface area contributed by atoms with Crippen LogP contribution in [0.3, 0.4) is 0 Å². The van der Waals surface area contributed by atoms with Crippen LogP contribution in [0.25, 0.3) is 0 Å². The number of hydrogen-bond donors (Lipinski definition) is 0. The predicted molar refractivity (Wildman–Crippen MR) is 95.8 cm³/mol. The molecule has 1 unspecified atom stereocenters. The maximum absolute atomic E-state index is 12.0. The van der Waals surface area contributed by atoms with Crippen molar-refractivity contribution in [2.24, 2.45) is 0 Å². The summed E-state index contributed by atoms with van der Waals surface area (Å²) in [6.45, 7) is 10.7. The molecule has 0 aromatic rings. The average molecular weight is 356 g/mol. The number of unbranched alkanes of at least 4 members (excludes halogenated alkanes) is 2. The molecule has 0 radical (unpaired) electrons. The van der Waals surface area contributed by atoms with E-state index < -0.39 is 5.60 Å². The van der Waals surface area contributed by atoms with E-state index in [1.54, 1.807) is 0 Å². The third-order valence-corrected chi connectivity index (χ3v) is 5.35. The Hall–Kier alpha value is -0.600. The Morgan fingerprint density at radius 1 is 1.33 bits per heavy atom. The molecule has 2 heterocycles. The summed E-state index contributed by atoms with van der Waals surface area (Å²) in [7, 11) is 1.22. The number of nitrogens with zero attached hydrogens (tertiary/aromatic N) is 1. The van der Waals surface area contributed by atoms with Crippen LogP contribution in [0.4, 0.5) is 4.79 Å². The normalized spacial score (nSPS) is 23.2. The molecular weight excluding hydrogens is 325 g/mol. The van der Waals surface area contributed by atoms with E-state index in [-0.39, 0.29) is 11.9 Å². The van der Waals surface area contributed by atoms with Crippen molar-refractivity contribution in [3.63, 3.8) is 0 Å². The quantitative estimate of drug-likeness (QED) is 0.559. The second-order valence-electron chi connectivity index (χ2n) is 7.69. The van der Waals surface area contributed by atoms with E-state index in [1.165, 1.54) is 8.04 Å². The van der Waals surface area contributed by atoms with E-state index in [4.69, 9.17) is 14.2 Å². The van der Waals surface area contributed by atoms with Gasteiger partial charge in [-0.1, -0.05) is 0 Å². The Balaban J connectivity index is 1.61. The van der Waals surface area contributed by atoms with Crippen molar-refractivity contribution in [1.29, 1.82) is 0 Å². The molecule has 2 saturated heterocycles. The first-order valence-corrected chi connectivity index (χ1v) is 9.92. The first kappa shape index (κ1) is 19.7. The van der Waals surface area contributed by atoms with Gasteiger partial charge in [-0.25, -0.2) is 0 Å². The molecule has 0 bridgehead atoms. The van der Waals surface area contributed by atoms with Gasteiger partial charge in [0.15, 0.2) is 0 Å². The molecule has 0 aliphatic carbocycles. The molecule has 6 heteroatoms. The van der Waals surface area contributed by atoms with Gasteiger partial charge in [-0.15, -0.1) is 0 Å². The Morgan fingerprint density at radius 3 is 2.71 bits per heavy atom. The molecule has 0 aromatic carbocycles. The molecule has 136 valence electrons. The number of likely N-dealkylation sites (tertiary alicyclic amines) is 1. The summed E-state index contributed by atoms with van der Waals surface area (Å²) < 4.78 is 16.6. The standard InChI is InChI=1S/C18H31NO4P/c1-17(2,3)23-16(20)19-10-8-15(14-19)24-13-7-5-6-9-18(4)21-11-12-22-18/h15H,5-12,14H2,1-4H3/q+1. The molecule has 0 N–H and O–H groups in total. The molecule has 2 aliphatic heterocycles. The van der Waals surface area contributed by atoms with Gasteiger partial charge in [0, 0.05) is 0 Å². The van der Waals surface area contributed by atoms with Crippen LogP contribution < -0.4 is 0 Å². The second-order valence-corrected chi connectivity index (χ2v) is 9.00. The van der Waals surface area contributed by atoms with E-state index >= 15 is 0 Å². The average Bonchev–Trinajstić information content (AvgIpc) is 3.10. The van der Waals surface area contributed by atoms with Crippen molar-refractivity contribution in [1.82, 2.24) is 4.90 Å². The van der Waals surface area contributed by atoms with Crippen LogP contribution >= 0.6 is 8.04 Å². The number of carbonyl (C=O) groups is 1. The summed E-state index contributed by atoms with van der Waals surface area (Å²) in [5.41, 5.74) is 3.56. The molecule has 24 heavy (non-hydrogen) atoms.